The Hall–Kier alpha value is -0.500. The molecular weight excluding hydrogens is 396 g/mol. The second-order valence-corrected chi connectivity index (χ2v) is 8.45. The first-order valence-electron chi connectivity index (χ1n) is 11.6. The molecular formula is C25H43BrO. The zero-order chi connectivity index (χ0) is 19.4. The maximum Gasteiger partial charge on any atom is 0.123 e. The summed E-state index contributed by atoms with van der Waals surface area (Å²) in [5, 5.41) is 0.863. The molecule has 0 saturated carbocycles. The summed E-state index contributed by atoms with van der Waals surface area (Å²) in [7, 11) is 0. The van der Waals surface area contributed by atoms with E-state index in [0.717, 1.165) is 17.7 Å². The van der Waals surface area contributed by atoms with Crippen LogP contribution in [0.2, 0.25) is 0 Å². The van der Waals surface area contributed by atoms with Crippen molar-refractivity contribution in [2.45, 2.75) is 115 Å². The highest BCUT2D eigenvalue weighted by Gasteiger charge is 2.00. The van der Waals surface area contributed by atoms with Crippen molar-refractivity contribution in [1.29, 1.82) is 0 Å². The lowest BCUT2D eigenvalue weighted by Gasteiger charge is -2.09. The van der Waals surface area contributed by atoms with Gasteiger partial charge in [0, 0.05) is 10.9 Å². The van der Waals surface area contributed by atoms with Crippen LogP contribution in [0.5, 0.6) is 5.75 Å². The molecule has 0 radical (unpaired) electrons. The van der Waals surface area contributed by atoms with Crippen molar-refractivity contribution in [3.63, 3.8) is 0 Å². The van der Waals surface area contributed by atoms with E-state index >= 15 is 0 Å². The predicted octanol–water partition coefficient (Wildman–Crippen LogP) is 9.22. The first kappa shape index (κ1) is 24.5. The molecule has 1 aromatic rings. The summed E-state index contributed by atoms with van der Waals surface area (Å²) < 4.78 is 5.92. The normalized spacial score (nSPS) is 11.0. The number of rotatable bonds is 19. The van der Waals surface area contributed by atoms with Crippen LogP contribution in [0.3, 0.4) is 0 Å². The van der Waals surface area contributed by atoms with Crippen LogP contribution in [0, 0.1) is 0 Å². The number of unbranched alkanes of at least 4 members (excludes halogenated alkanes) is 15. The van der Waals surface area contributed by atoms with E-state index in [1.807, 2.05) is 0 Å². The molecule has 0 bridgehead atoms. The highest BCUT2D eigenvalue weighted by atomic mass is 79.9. The van der Waals surface area contributed by atoms with Crippen molar-refractivity contribution in [2.75, 3.05) is 6.61 Å². The first-order chi connectivity index (χ1) is 13.4. The van der Waals surface area contributed by atoms with Gasteiger partial charge in [0.1, 0.15) is 5.75 Å². The van der Waals surface area contributed by atoms with Crippen LogP contribution >= 0.6 is 15.9 Å². The average molecular weight is 440 g/mol. The van der Waals surface area contributed by atoms with E-state index in [-0.39, 0.29) is 0 Å². The fraction of sp³-hybridized carbons (Fsp3) is 0.760. The Kier molecular flexibility index (Phi) is 17.1. The maximum atomic E-state index is 5.92. The van der Waals surface area contributed by atoms with E-state index in [1.165, 1.54) is 108 Å². The molecule has 156 valence electrons. The quantitative estimate of drug-likeness (QED) is 0.154. The van der Waals surface area contributed by atoms with Crippen LogP contribution in [0.15, 0.2) is 24.3 Å². The van der Waals surface area contributed by atoms with Crippen LogP contribution in [0.25, 0.3) is 0 Å². The number of halogens is 1. The zero-order valence-corrected chi connectivity index (χ0v) is 19.4. The van der Waals surface area contributed by atoms with Crippen LogP contribution in [-0.2, 0) is 5.33 Å². The maximum absolute atomic E-state index is 5.92. The van der Waals surface area contributed by atoms with Gasteiger partial charge in [0.05, 0.1) is 6.61 Å². The number of benzene rings is 1. The summed E-state index contributed by atoms with van der Waals surface area (Å²) in [5.41, 5.74) is 1.24. The Morgan fingerprint density at radius 1 is 0.630 bits per heavy atom. The molecule has 0 amide bonds. The molecule has 0 N–H and O–H groups in total. The molecule has 0 spiro atoms. The van der Waals surface area contributed by atoms with E-state index in [1.54, 1.807) is 0 Å². The largest absolute Gasteiger partial charge is 0.493 e. The van der Waals surface area contributed by atoms with E-state index < -0.39 is 0 Å². The van der Waals surface area contributed by atoms with Gasteiger partial charge in [-0.2, -0.15) is 0 Å². The van der Waals surface area contributed by atoms with Crippen LogP contribution in [0.1, 0.15) is 115 Å². The van der Waals surface area contributed by atoms with Gasteiger partial charge in [0.25, 0.3) is 0 Å². The molecule has 0 unspecified atom stereocenters. The molecule has 0 aliphatic heterocycles. The Labute approximate surface area is 177 Å². The van der Waals surface area contributed by atoms with Gasteiger partial charge in [-0.3, -0.25) is 0 Å². The lowest BCUT2D eigenvalue weighted by Crippen LogP contribution is -1.99. The molecule has 1 rings (SSSR count). The van der Waals surface area contributed by atoms with E-state index in [4.69, 9.17) is 4.74 Å². The molecule has 0 aliphatic rings. The van der Waals surface area contributed by atoms with E-state index in [9.17, 15) is 0 Å². The van der Waals surface area contributed by atoms with Gasteiger partial charge >= 0.3 is 0 Å². The SMILES string of the molecule is CCCCCCCCCCCCCCCCCCOc1ccccc1CBr. The minimum atomic E-state index is 0.850. The summed E-state index contributed by atoms with van der Waals surface area (Å²) in [4.78, 5) is 0. The fourth-order valence-electron chi connectivity index (χ4n) is 3.59. The van der Waals surface area contributed by atoms with Crippen molar-refractivity contribution in [3.05, 3.63) is 29.8 Å². The van der Waals surface area contributed by atoms with Gasteiger partial charge in [-0.05, 0) is 12.5 Å². The Balaban J connectivity index is 1.78. The summed E-state index contributed by atoms with van der Waals surface area (Å²) in [6.45, 7) is 3.14. The Morgan fingerprint density at radius 3 is 1.56 bits per heavy atom. The second-order valence-electron chi connectivity index (χ2n) is 7.89. The summed E-state index contributed by atoms with van der Waals surface area (Å²) in [6.07, 6.45) is 22.5. The van der Waals surface area contributed by atoms with Crippen LogP contribution < -0.4 is 4.74 Å². The van der Waals surface area contributed by atoms with Gasteiger partial charge in [-0.15, -0.1) is 0 Å². The molecule has 1 nitrogen and oxygen atoms in total. The summed E-state index contributed by atoms with van der Waals surface area (Å²) in [6, 6.07) is 8.31. The summed E-state index contributed by atoms with van der Waals surface area (Å²) in [5.74, 6) is 1.04. The standard InChI is InChI=1S/C25H43BrO/c1-2-3-4-5-6-7-8-9-10-11-12-13-14-15-16-19-22-27-25-21-18-17-20-24(25)23-26/h17-18,20-21H,2-16,19,22-23H2,1H3. The van der Waals surface area contributed by atoms with Gasteiger partial charge in [0.15, 0.2) is 0 Å². The number of para-hydroxylation sites is 1. The molecule has 0 fully saturated rings. The van der Waals surface area contributed by atoms with Gasteiger partial charge in [-0.25, -0.2) is 0 Å². The third kappa shape index (κ3) is 14.2. The van der Waals surface area contributed by atoms with E-state index in [0.29, 0.717) is 0 Å². The average Bonchev–Trinajstić information content (AvgIpc) is 2.70. The smallest absolute Gasteiger partial charge is 0.123 e. The summed E-state index contributed by atoms with van der Waals surface area (Å²) >= 11 is 3.52. The number of hydrogen-bond donors (Lipinski definition) is 0. The van der Waals surface area contributed by atoms with Crippen molar-refractivity contribution in [3.8, 4) is 5.75 Å². The van der Waals surface area contributed by atoms with Crippen LogP contribution in [-0.4, -0.2) is 6.61 Å². The van der Waals surface area contributed by atoms with Gasteiger partial charge in [0.2, 0.25) is 0 Å². The Bertz CT molecular complexity index is 432. The highest BCUT2D eigenvalue weighted by Crippen LogP contribution is 2.21. The lowest BCUT2D eigenvalue weighted by atomic mass is 10.0. The first-order valence-corrected chi connectivity index (χ1v) is 12.8. The topological polar surface area (TPSA) is 9.23 Å². The minimum absolute atomic E-state index is 0.850. The highest BCUT2D eigenvalue weighted by molar-refractivity contribution is 9.08. The van der Waals surface area contributed by atoms with Gasteiger partial charge in [-0.1, -0.05) is 137 Å². The van der Waals surface area contributed by atoms with Gasteiger partial charge < -0.3 is 4.74 Å². The van der Waals surface area contributed by atoms with Crippen molar-refractivity contribution < 1.29 is 4.74 Å². The Morgan fingerprint density at radius 2 is 1.07 bits per heavy atom. The molecule has 0 saturated heterocycles. The second kappa shape index (κ2) is 18.8. The molecule has 2 heteroatoms. The fourth-order valence-corrected chi connectivity index (χ4v) is 4.05. The number of alkyl halides is 1. The molecule has 0 heterocycles. The lowest BCUT2D eigenvalue weighted by molar-refractivity contribution is 0.302. The molecule has 27 heavy (non-hydrogen) atoms. The molecule has 1 aromatic carbocycles. The zero-order valence-electron chi connectivity index (χ0n) is 17.8. The molecule has 0 aliphatic carbocycles. The van der Waals surface area contributed by atoms with Crippen LogP contribution in [0.4, 0.5) is 0 Å². The third-order valence-electron chi connectivity index (χ3n) is 5.37. The van der Waals surface area contributed by atoms with E-state index in [2.05, 4.69) is 47.1 Å². The number of ether oxygens (including phenoxy) is 1. The van der Waals surface area contributed by atoms with Crippen molar-refractivity contribution in [2.24, 2.45) is 0 Å². The molecule has 0 atom stereocenters. The monoisotopic (exact) mass is 438 g/mol. The minimum Gasteiger partial charge on any atom is -0.493 e. The predicted molar refractivity (Wildman–Crippen MR) is 124 cm³/mol. The molecule has 0 aromatic heterocycles. The number of hydrogen-bond acceptors (Lipinski definition) is 1. The van der Waals surface area contributed by atoms with Crippen molar-refractivity contribution in [1.82, 2.24) is 0 Å². The van der Waals surface area contributed by atoms with Crippen molar-refractivity contribution >= 4 is 15.9 Å². The third-order valence-corrected chi connectivity index (χ3v) is 5.98.